The molecule has 0 aromatic heterocycles. The number of hydrogen-bond acceptors (Lipinski definition) is 1. The minimum atomic E-state index is 1.04. The Bertz CT molecular complexity index is 379. The highest BCUT2D eigenvalue weighted by atomic mass is 15.0. The van der Waals surface area contributed by atoms with E-state index in [1.165, 1.54) is 5.69 Å². The van der Waals surface area contributed by atoms with Crippen LogP contribution < -0.4 is 4.81 Å². The van der Waals surface area contributed by atoms with E-state index in [1.807, 2.05) is 30.4 Å². The van der Waals surface area contributed by atoms with Crippen LogP contribution >= 0.6 is 0 Å². The van der Waals surface area contributed by atoms with Crippen molar-refractivity contribution in [1.29, 1.82) is 0 Å². The van der Waals surface area contributed by atoms with Crippen LogP contribution in [0.15, 0.2) is 66.9 Å². The number of benzene rings is 1. The third kappa shape index (κ3) is 3.46. The van der Waals surface area contributed by atoms with Gasteiger partial charge in [0.05, 0.1) is 0 Å². The molecule has 82 valence electrons. The highest BCUT2D eigenvalue weighted by Gasteiger charge is 2.01. The molecular weight excluding hydrogens is 193 g/mol. The van der Waals surface area contributed by atoms with E-state index in [0.717, 1.165) is 12.1 Å². The minimum Gasteiger partial charge on any atom is -0.394 e. The van der Waals surface area contributed by atoms with Crippen LogP contribution in [-0.2, 0) is 0 Å². The van der Waals surface area contributed by atoms with Gasteiger partial charge in [-0.15, -0.1) is 0 Å². The van der Waals surface area contributed by atoms with Gasteiger partial charge in [-0.2, -0.15) is 0 Å². The monoisotopic (exact) mass is 211 g/mol. The van der Waals surface area contributed by atoms with Crippen molar-refractivity contribution in [2.45, 2.75) is 13.3 Å². The summed E-state index contributed by atoms with van der Waals surface area (Å²) < 4.78 is 0. The van der Waals surface area contributed by atoms with Gasteiger partial charge in [-0.3, -0.25) is 0 Å². The zero-order valence-electron chi connectivity index (χ0n) is 10.1. The quantitative estimate of drug-likeness (QED) is 0.534. The Morgan fingerprint density at radius 2 is 2.06 bits per heavy atom. The summed E-state index contributed by atoms with van der Waals surface area (Å²) in [6, 6.07) is 10.3. The third-order valence-electron chi connectivity index (χ3n) is 2.34. The van der Waals surface area contributed by atoms with Crippen molar-refractivity contribution in [1.82, 2.24) is 0 Å². The Kier molecular flexibility index (Phi) is 5.20. The molecule has 2 heteroatoms. The van der Waals surface area contributed by atoms with E-state index >= 15 is 0 Å². The van der Waals surface area contributed by atoms with Crippen LogP contribution in [0.4, 0.5) is 5.69 Å². The Hall–Kier alpha value is -1.70. The van der Waals surface area contributed by atoms with Crippen molar-refractivity contribution in [3.63, 3.8) is 0 Å². The molecule has 1 rings (SSSR count). The van der Waals surface area contributed by atoms with Gasteiger partial charge in [0, 0.05) is 11.4 Å². The molecule has 0 atom stereocenters. The number of anilines is 1. The number of rotatable bonds is 5. The smallest absolute Gasteiger partial charge is 0.223 e. The zero-order chi connectivity index (χ0) is 11.8. The van der Waals surface area contributed by atoms with Gasteiger partial charge in [0.25, 0.3) is 0 Å². The lowest BCUT2D eigenvalue weighted by molar-refractivity contribution is 1.21. The van der Waals surface area contributed by atoms with Gasteiger partial charge in [-0.05, 0) is 30.7 Å². The van der Waals surface area contributed by atoms with Crippen molar-refractivity contribution in [2.75, 3.05) is 4.81 Å². The second-order valence-corrected chi connectivity index (χ2v) is 3.53. The van der Waals surface area contributed by atoms with Crippen LogP contribution in [0.25, 0.3) is 0 Å². The summed E-state index contributed by atoms with van der Waals surface area (Å²) >= 11 is 0. The summed E-state index contributed by atoms with van der Waals surface area (Å²) in [5, 5.41) is 0. The molecule has 0 aliphatic heterocycles. The van der Waals surface area contributed by atoms with Crippen molar-refractivity contribution < 1.29 is 0 Å². The SMILES string of the molecule is BN(C(/C=C\CC)=C/C=C)c1ccccc1. The molecule has 0 amide bonds. The van der Waals surface area contributed by atoms with E-state index in [4.69, 9.17) is 0 Å². The van der Waals surface area contributed by atoms with Gasteiger partial charge in [-0.1, -0.05) is 43.9 Å². The Labute approximate surface area is 99.2 Å². The van der Waals surface area contributed by atoms with Crippen molar-refractivity contribution >= 4 is 13.7 Å². The maximum Gasteiger partial charge on any atom is 0.223 e. The molecule has 0 unspecified atom stereocenters. The van der Waals surface area contributed by atoms with Crippen LogP contribution in [0, 0.1) is 0 Å². The standard InChI is InChI=1S/C14H18BN/c1-3-5-10-13(9-4-2)16(15)14-11-7-6-8-12-14/h4-12H,2-3,15H2,1H3/b10-5-,13-9+. The molecule has 0 fully saturated rings. The average molecular weight is 211 g/mol. The first-order chi connectivity index (χ1) is 7.79. The molecule has 16 heavy (non-hydrogen) atoms. The third-order valence-corrected chi connectivity index (χ3v) is 2.34. The van der Waals surface area contributed by atoms with E-state index in [1.54, 1.807) is 0 Å². The number of nitrogens with zero attached hydrogens (tertiary/aromatic N) is 1. The zero-order valence-corrected chi connectivity index (χ0v) is 10.1. The molecule has 0 saturated carbocycles. The second kappa shape index (κ2) is 6.73. The van der Waals surface area contributed by atoms with Crippen LogP contribution in [0.1, 0.15) is 13.3 Å². The summed E-state index contributed by atoms with van der Waals surface area (Å²) in [4.78, 5) is 2.15. The van der Waals surface area contributed by atoms with Gasteiger partial charge in [0.15, 0.2) is 0 Å². The molecule has 0 aliphatic rings. The minimum absolute atomic E-state index is 1.04. The predicted molar refractivity (Wildman–Crippen MR) is 75.2 cm³/mol. The van der Waals surface area contributed by atoms with Crippen LogP contribution in [0.3, 0.4) is 0 Å². The fourth-order valence-corrected chi connectivity index (χ4v) is 1.44. The first kappa shape index (κ1) is 12.4. The lowest BCUT2D eigenvalue weighted by Crippen LogP contribution is -2.16. The Morgan fingerprint density at radius 1 is 1.38 bits per heavy atom. The first-order valence-electron chi connectivity index (χ1n) is 5.57. The topological polar surface area (TPSA) is 3.24 Å². The molecule has 1 aromatic carbocycles. The van der Waals surface area contributed by atoms with Gasteiger partial charge >= 0.3 is 0 Å². The molecule has 0 bridgehead atoms. The predicted octanol–water partition coefficient (Wildman–Crippen LogP) is 3.08. The second-order valence-electron chi connectivity index (χ2n) is 3.53. The van der Waals surface area contributed by atoms with E-state index in [-0.39, 0.29) is 0 Å². The number of para-hydroxylation sites is 1. The summed E-state index contributed by atoms with van der Waals surface area (Å²) in [6.07, 6.45) is 9.13. The lowest BCUT2D eigenvalue weighted by Gasteiger charge is -2.21. The maximum absolute atomic E-state index is 3.75. The molecule has 0 N–H and O–H groups in total. The molecular formula is C14H18BN. The number of allylic oxidation sites excluding steroid dienone is 4. The molecule has 0 aliphatic carbocycles. The molecule has 1 nitrogen and oxygen atoms in total. The van der Waals surface area contributed by atoms with Crippen molar-refractivity contribution in [2.24, 2.45) is 0 Å². The van der Waals surface area contributed by atoms with Crippen molar-refractivity contribution in [3.05, 3.63) is 66.9 Å². The summed E-state index contributed by atoms with van der Waals surface area (Å²) in [6.45, 7) is 5.88. The van der Waals surface area contributed by atoms with Gasteiger partial charge in [0.1, 0.15) is 0 Å². The van der Waals surface area contributed by atoms with Crippen LogP contribution in [0.2, 0.25) is 0 Å². The highest BCUT2D eigenvalue weighted by Crippen LogP contribution is 2.16. The van der Waals surface area contributed by atoms with Gasteiger partial charge in [-0.25, -0.2) is 0 Å². The van der Waals surface area contributed by atoms with E-state index in [2.05, 4.69) is 50.6 Å². The summed E-state index contributed by atoms with van der Waals surface area (Å²) in [7, 11) is 2.06. The van der Waals surface area contributed by atoms with Crippen molar-refractivity contribution in [3.8, 4) is 0 Å². The Morgan fingerprint density at radius 3 is 2.62 bits per heavy atom. The fraction of sp³-hybridized carbons (Fsp3) is 0.143. The molecule has 0 spiro atoms. The first-order valence-corrected chi connectivity index (χ1v) is 5.57. The van der Waals surface area contributed by atoms with E-state index < -0.39 is 0 Å². The van der Waals surface area contributed by atoms with Crippen LogP contribution in [0.5, 0.6) is 0 Å². The molecule has 0 heterocycles. The number of hydrogen-bond donors (Lipinski definition) is 0. The largest absolute Gasteiger partial charge is 0.394 e. The van der Waals surface area contributed by atoms with E-state index in [9.17, 15) is 0 Å². The molecule has 0 radical (unpaired) electrons. The highest BCUT2D eigenvalue weighted by molar-refractivity contribution is 6.20. The maximum atomic E-state index is 3.75. The summed E-state index contributed by atoms with van der Waals surface area (Å²) in [5.41, 5.74) is 2.32. The fourth-order valence-electron chi connectivity index (χ4n) is 1.44. The normalized spacial score (nSPS) is 11.7. The molecule has 1 aromatic rings. The Balaban J connectivity index is 2.92. The van der Waals surface area contributed by atoms with Gasteiger partial charge in [0.2, 0.25) is 7.98 Å². The van der Waals surface area contributed by atoms with E-state index in [0.29, 0.717) is 0 Å². The van der Waals surface area contributed by atoms with Crippen LogP contribution in [-0.4, -0.2) is 7.98 Å². The lowest BCUT2D eigenvalue weighted by atomic mass is 10.1. The van der Waals surface area contributed by atoms with Gasteiger partial charge < -0.3 is 4.81 Å². The summed E-state index contributed by atoms with van der Waals surface area (Å²) in [5.74, 6) is 0. The average Bonchev–Trinajstić information content (AvgIpc) is 2.35. The molecule has 0 saturated heterocycles.